The predicted octanol–water partition coefficient (Wildman–Crippen LogP) is 3.75. The molecule has 0 spiro atoms. The molecule has 0 aromatic heterocycles. The van der Waals surface area contributed by atoms with Crippen LogP contribution in [0.25, 0.3) is 0 Å². The van der Waals surface area contributed by atoms with Gasteiger partial charge in [0.15, 0.2) is 0 Å². The van der Waals surface area contributed by atoms with Crippen molar-refractivity contribution in [2.24, 2.45) is 0 Å². The Hall–Kier alpha value is -1.28. The summed E-state index contributed by atoms with van der Waals surface area (Å²) in [4.78, 5) is 0. The standard InChI is InChI=1S/C16H22O2/c1-3-4-5-6-9-14-10-7-8-11-15(14)17-12-16(2)13-18-16/h3,7-8,10-11H,1,4-6,9,12-13H2,2H3. The third-order valence-corrected chi connectivity index (χ3v) is 3.25. The average Bonchev–Trinajstić information content (AvgIpc) is 3.12. The molecule has 2 nitrogen and oxygen atoms in total. The van der Waals surface area contributed by atoms with Crippen molar-refractivity contribution in [3.05, 3.63) is 42.5 Å². The van der Waals surface area contributed by atoms with Gasteiger partial charge in [-0.3, -0.25) is 0 Å². The van der Waals surface area contributed by atoms with Crippen LogP contribution in [0.2, 0.25) is 0 Å². The SMILES string of the molecule is C=CCCCCc1ccccc1OCC1(C)CO1. The molecule has 1 unspecified atom stereocenters. The smallest absolute Gasteiger partial charge is 0.123 e. The van der Waals surface area contributed by atoms with Gasteiger partial charge in [0.1, 0.15) is 18.0 Å². The highest BCUT2D eigenvalue weighted by Crippen LogP contribution is 2.28. The lowest BCUT2D eigenvalue weighted by Gasteiger charge is -2.13. The zero-order chi connectivity index (χ0) is 12.8. The molecular formula is C16H22O2. The number of epoxide rings is 1. The Labute approximate surface area is 110 Å². The molecule has 1 fully saturated rings. The highest BCUT2D eigenvalue weighted by atomic mass is 16.6. The van der Waals surface area contributed by atoms with Crippen LogP contribution in [-0.2, 0) is 11.2 Å². The first-order valence-corrected chi connectivity index (χ1v) is 6.69. The molecule has 1 aromatic carbocycles. The van der Waals surface area contributed by atoms with Gasteiger partial charge in [-0.1, -0.05) is 24.3 Å². The second-order valence-electron chi connectivity index (χ2n) is 5.17. The molecule has 0 radical (unpaired) electrons. The number of rotatable bonds is 8. The Balaban J connectivity index is 1.85. The molecule has 2 heteroatoms. The highest BCUT2D eigenvalue weighted by Gasteiger charge is 2.40. The van der Waals surface area contributed by atoms with Crippen LogP contribution in [0, 0.1) is 0 Å². The average molecular weight is 246 g/mol. The Morgan fingerprint density at radius 2 is 2.17 bits per heavy atom. The van der Waals surface area contributed by atoms with Crippen molar-refractivity contribution in [3.8, 4) is 5.75 Å². The van der Waals surface area contributed by atoms with Crippen LogP contribution in [0.15, 0.2) is 36.9 Å². The summed E-state index contributed by atoms with van der Waals surface area (Å²) in [7, 11) is 0. The lowest BCUT2D eigenvalue weighted by Crippen LogP contribution is -2.17. The fourth-order valence-corrected chi connectivity index (χ4v) is 1.89. The molecule has 2 rings (SSSR count). The molecule has 1 atom stereocenters. The summed E-state index contributed by atoms with van der Waals surface area (Å²) in [5.74, 6) is 1.01. The molecule has 0 bridgehead atoms. The van der Waals surface area contributed by atoms with Crippen molar-refractivity contribution in [1.82, 2.24) is 0 Å². The first kappa shape index (κ1) is 13.2. The molecule has 0 amide bonds. The second-order valence-corrected chi connectivity index (χ2v) is 5.17. The highest BCUT2D eigenvalue weighted by molar-refractivity contribution is 5.33. The molecule has 1 aliphatic heterocycles. The minimum absolute atomic E-state index is 0.0457. The molecule has 18 heavy (non-hydrogen) atoms. The molecule has 1 heterocycles. The lowest BCUT2D eigenvalue weighted by atomic mass is 10.1. The van der Waals surface area contributed by atoms with E-state index < -0.39 is 0 Å². The number of hydrogen-bond acceptors (Lipinski definition) is 2. The van der Waals surface area contributed by atoms with Crippen LogP contribution in [-0.4, -0.2) is 18.8 Å². The van der Waals surface area contributed by atoms with E-state index in [2.05, 4.69) is 31.7 Å². The molecule has 0 saturated carbocycles. The molecule has 1 aromatic rings. The quantitative estimate of drug-likeness (QED) is 0.396. The van der Waals surface area contributed by atoms with E-state index in [0.29, 0.717) is 6.61 Å². The number of allylic oxidation sites excluding steroid dienone is 1. The van der Waals surface area contributed by atoms with Crippen LogP contribution >= 0.6 is 0 Å². The fraction of sp³-hybridized carbons (Fsp3) is 0.500. The van der Waals surface area contributed by atoms with Crippen molar-refractivity contribution in [2.75, 3.05) is 13.2 Å². The summed E-state index contributed by atoms with van der Waals surface area (Å²) >= 11 is 0. The van der Waals surface area contributed by atoms with Crippen LogP contribution in [0.1, 0.15) is 31.7 Å². The number of ether oxygens (including phenoxy) is 2. The van der Waals surface area contributed by atoms with E-state index in [1.165, 1.54) is 18.4 Å². The van der Waals surface area contributed by atoms with E-state index in [9.17, 15) is 0 Å². The van der Waals surface area contributed by atoms with Gasteiger partial charge in [-0.05, 0) is 44.2 Å². The molecule has 98 valence electrons. The molecule has 0 aliphatic carbocycles. The second kappa shape index (κ2) is 6.05. The Kier molecular flexibility index (Phi) is 4.43. The van der Waals surface area contributed by atoms with Crippen molar-refractivity contribution in [2.45, 2.75) is 38.2 Å². The van der Waals surface area contributed by atoms with Gasteiger partial charge in [-0.2, -0.15) is 0 Å². The van der Waals surface area contributed by atoms with Crippen molar-refractivity contribution < 1.29 is 9.47 Å². The molecule has 1 saturated heterocycles. The Morgan fingerprint density at radius 3 is 2.89 bits per heavy atom. The normalized spacial score (nSPS) is 21.6. The zero-order valence-electron chi connectivity index (χ0n) is 11.2. The van der Waals surface area contributed by atoms with Gasteiger partial charge < -0.3 is 9.47 Å². The van der Waals surface area contributed by atoms with E-state index in [1.54, 1.807) is 0 Å². The van der Waals surface area contributed by atoms with Gasteiger partial charge >= 0.3 is 0 Å². The summed E-state index contributed by atoms with van der Waals surface area (Å²) in [6.07, 6.45) is 6.52. The summed E-state index contributed by atoms with van der Waals surface area (Å²) in [6.45, 7) is 7.29. The van der Waals surface area contributed by atoms with Crippen LogP contribution in [0.5, 0.6) is 5.75 Å². The van der Waals surface area contributed by atoms with Gasteiger partial charge in [0, 0.05) is 0 Å². The molecular weight excluding hydrogens is 224 g/mol. The van der Waals surface area contributed by atoms with Gasteiger partial charge in [-0.25, -0.2) is 0 Å². The third-order valence-electron chi connectivity index (χ3n) is 3.25. The monoisotopic (exact) mass is 246 g/mol. The van der Waals surface area contributed by atoms with Crippen molar-refractivity contribution >= 4 is 0 Å². The number of benzene rings is 1. The first-order chi connectivity index (χ1) is 8.73. The maximum absolute atomic E-state index is 5.88. The van der Waals surface area contributed by atoms with E-state index in [0.717, 1.165) is 25.2 Å². The zero-order valence-corrected chi connectivity index (χ0v) is 11.2. The number of aryl methyl sites for hydroxylation is 1. The topological polar surface area (TPSA) is 21.8 Å². The fourth-order valence-electron chi connectivity index (χ4n) is 1.89. The van der Waals surface area contributed by atoms with Crippen LogP contribution in [0.3, 0.4) is 0 Å². The van der Waals surface area contributed by atoms with Gasteiger partial charge in [-0.15, -0.1) is 6.58 Å². The Morgan fingerprint density at radius 1 is 1.39 bits per heavy atom. The Bertz CT molecular complexity index is 394. The predicted molar refractivity (Wildman–Crippen MR) is 74.0 cm³/mol. The summed E-state index contributed by atoms with van der Waals surface area (Å²) in [5, 5.41) is 0. The van der Waals surface area contributed by atoms with Crippen LogP contribution < -0.4 is 4.74 Å². The van der Waals surface area contributed by atoms with E-state index in [1.807, 2.05) is 12.1 Å². The van der Waals surface area contributed by atoms with Crippen molar-refractivity contribution in [3.63, 3.8) is 0 Å². The number of unbranched alkanes of at least 4 members (excludes halogenated alkanes) is 2. The van der Waals surface area contributed by atoms with E-state index >= 15 is 0 Å². The molecule has 1 aliphatic rings. The summed E-state index contributed by atoms with van der Waals surface area (Å²) in [6, 6.07) is 8.30. The first-order valence-electron chi connectivity index (χ1n) is 6.69. The maximum Gasteiger partial charge on any atom is 0.123 e. The minimum atomic E-state index is -0.0457. The van der Waals surface area contributed by atoms with Gasteiger partial charge in [0.25, 0.3) is 0 Å². The molecule has 0 N–H and O–H groups in total. The van der Waals surface area contributed by atoms with Gasteiger partial charge in [0.2, 0.25) is 0 Å². The number of para-hydroxylation sites is 1. The summed E-state index contributed by atoms with van der Waals surface area (Å²) in [5.41, 5.74) is 1.25. The van der Waals surface area contributed by atoms with E-state index in [4.69, 9.17) is 9.47 Å². The van der Waals surface area contributed by atoms with Gasteiger partial charge in [0.05, 0.1) is 6.61 Å². The lowest BCUT2D eigenvalue weighted by molar-refractivity contribution is 0.201. The van der Waals surface area contributed by atoms with E-state index in [-0.39, 0.29) is 5.60 Å². The minimum Gasteiger partial charge on any atom is -0.490 e. The van der Waals surface area contributed by atoms with Crippen molar-refractivity contribution in [1.29, 1.82) is 0 Å². The third kappa shape index (κ3) is 3.88. The maximum atomic E-state index is 5.88. The summed E-state index contributed by atoms with van der Waals surface area (Å²) < 4.78 is 11.2. The largest absolute Gasteiger partial charge is 0.490 e. The number of hydrogen-bond donors (Lipinski definition) is 0. The van der Waals surface area contributed by atoms with Crippen LogP contribution in [0.4, 0.5) is 0 Å².